The molecule has 0 heterocycles. The Kier molecular flexibility index (Phi) is 5.55. The highest BCUT2D eigenvalue weighted by Crippen LogP contribution is 2.21. The maximum absolute atomic E-state index is 13.2. The Morgan fingerprint density at radius 3 is 2.48 bits per heavy atom. The van der Waals surface area contributed by atoms with Crippen molar-refractivity contribution in [1.82, 2.24) is 5.32 Å². The summed E-state index contributed by atoms with van der Waals surface area (Å²) in [5.41, 5.74) is -0.0626. The number of carbonyl (C=O) groups excluding carboxylic acids is 1. The second-order valence-corrected chi connectivity index (χ2v) is 5.99. The van der Waals surface area contributed by atoms with Gasteiger partial charge in [0.05, 0.1) is 4.92 Å². The standard InChI is InChI=1S/C14H9FIN3O3S/c15-11-6-5-10(7-12(11)19(21)22)17-14(23)18-13(20)8-1-3-9(16)4-2-8/h1-7H,(H2,17,18,20,23). The number of amides is 1. The van der Waals surface area contributed by atoms with Crippen LogP contribution < -0.4 is 10.6 Å². The van der Waals surface area contributed by atoms with Gasteiger partial charge in [0.15, 0.2) is 5.11 Å². The van der Waals surface area contributed by atoms with Crippen molar-refractivity contribution < 1.29 is 14.1 Å². The summed E-state index contributed by atoms with van der Waals surface area (Å²) < 4.78 is 14.2. The fourth-order valence-corrected chi connectivity index (χ4v) is 2.24. The zero-order chi connectivity index (χ0) is 17.0. The van der Waals surface area contributed by atoms with E-state index in [0.717, 1.165) is 15.7 Å². The molecule has 2 aromatic carbocycles. The van der Waals surface area contributed by atoms with Crippen LogP contribution in [0.15, 0.2) is 42.5 Å². The Labute approximate surface area is 149 Å². The minimum absolute atomic E-state index is 0.0468. The third-order valence-corrected chi connectivity index (χ3v) is 3.66. The number of hydrogen-bond acceptors (Lipinski definition) is 4. The Hall–Kier alpha value is -2.14. The van der Waals surface area contributed by atoms with E-state index in [1.807, 2.05) is 0 Å². The van der Waals surface area contributed by atoms with Gasteiger partial charge in [-0.05, 0) is 71.2 Å². The van der Waals surface area contributed by atoms with Crippen LogP contribution in [-0.2, 0) is 0 Å². The molecule has 0 bridgehead atoms. The number of thiocarbonyl (C=S) groups is 1. The van der Waals surface area contributed by atoms with Crippen LogP contribution in [0.1, 0.15) is 10.4 Å². The van der Waals surface area contributed by atoms with Gasteiger partial charge in [-0.2, -0.15) is 4.39 Å². The van der Waals surface area contributed by atoms with Gasteiger partial charge >= 0.3 is 5.69 Å². The molecule has 0 aliphatic rings. The predicted molar refractivity (Wildman–Crippen MR) is 95.9 cm³/mol. The van der Waals surface area contributed by atoms with Crippen molar-refractivity contribution >= 4 is 57.2 Å². The Bertz CT molecular complexity index is 783. The van der Waals surface area contributed by atoms with Crippen LogP contribution in [0.25, 0.3) is 0 Å². The summed E-state index contributed by atoms with van der Waals surface area (Å²) in [4.78, 5) is 21.8. The van der Waals surface area contributed by atoms with Crippen LogP contribution in [0.3, 0.4) is 0 Å². The molecule has 2 N–H and O–H groups in total. The molecule has 1 amide bonds. The van der Waals surface area contributed by atoms with Crippen molar-refractivity contribution in [2.45, 2.75) is 0 Å². The molecule has 0 aromatic heterocycles. The van der Waals surface area contributed by atoms with E-state index in [4.69, 9.17) is 12.2 Å². The van der Waals surface area contributed by atoms with Crippen molar-refractivity contribution in [2.24, 2.45) is 0 Å². The fourth-order valence-electron chi connectivity index (χ4n) is 1.67. The molecule has 0 radical (unpaired) electrons. The summed E-state index contributed by atoms with van der Waals surface area (Å²) in [6.45, 7) is 0. The van der Waals surface area contributed by atoms with Crippen LogP contribution in [0.5, 0.6) is 0 Å². The summed E-state index contributed by atoms with van der Waals surface area (Å²) in [6.07, 6.45) is 0. The Balaban J connectivity index is 2.05. The molecule has 2 aromatic rings. The highest BCUT2D eigenvalue weighted by molar-refractivity contribution is 14.1. The molecule has 9 heteroatoms. The molecule has 0 aliphatic heterocycles. The van der Waals surface area contributed by atoms with Crippen LogP contribution in [0.2, 0.25) is 0 Å². The van der Waals surface area contributed by atoms with Gasteiger partial charge in [0.25, 0.3) is 5.91 Å². The van der Waals surface area contributed by atoms with E-state index in [2.05, 4.69) is 33.2 Å². The first-order valence-corrected chi connectivity index (χ1v) is 7.67. The summed E-state index contributed by atoms with van der Waals surface area (Å²) in [6, 6.07) is 10.1. The molecular weight excluding hydrogens is 436 g/mol. The van der Waals surface area contributed by atoms with Crippen LogP contribution in [0.4, 0.5) is 15.8 Å². The van der Waals surface area contributed by atoms with E-state index in [9.17, 15) is 19.3 Å². The highest BCUT2D eigenvalue weighted by Gasteiger charge is 2.15. The van der Waals surface area contributed by atoms with Gasteiger partial charge in [-0.25, -0.2) is 0 Å². The van der Waals surface area contributed by atoms with E-state index >= 15 is 0 Å². The number of benzene rings is 2. The molecular formula is C14H9FIN3O3S. The number of carbonyl (C=O) groups is 1. The number of nitrogens with zero attached hydrogens (tertiary/aromatic N) is 1. The monoisotopic (exact) mass is 445 g/mol. The molecule has 0 saturated heterocycles. The lowest BCUT2D eigenvalue weighted by Crippen LogP contribution is -2.34. The van der Waals surface area contributed by atoms with Crippen molar-refractivity contribution in [3.05, 3.63) is 67.5 Å². The van der Waals surface area contributed by atoms with Gasteiger partial charge in [0.1, 0.15) is 0 Å². The molecule has 0 saturated carbocycles. The topological polar surface area (TPSA) is 84.3 Å². The van der Waals surface area contributed by atoms with Gasteiger partial charge in [0.2, 0.25) is 5.82 Å². The molecule has 0 fully saturated rings. The number of halogens is 2. The highest BCUT2D eigenvalue weighted by atomic mass is 127. The van der Waals surface area contributed by atoms with Crippen LogP contribution in [0, 0.1) is 19.5 Å². The largest absolute Gasteiger partial charge is 0.332 e. The van der Waals surface area contributed by atoms with Gasteiger partial charge in [-0.15, -0.1) is 0 Å². The Morgan fingerprint density at radius 2 is 1.87 bits per heavy atom. The maximum atomic E-state index is 13.2. The zero-order valence-electron chi connectivity index (χ0n) is 11.4. The van der Waals surface area contributed by atoms with Crippen molar-refractivity contribution in [2.75, 3.05) is 5.32 Å². The molecule has 23 heavy (non-hydrogen) atoms. The summed E-state index contributed by atoms with van der Waals surface area (Å²) in [7, 11) is 0. The lowest BCUT2D eigenvalue weighted by molar-refractivity contribution is -0.387. The smallest absolute Gasteiger partial charge is 0.306 e. The number of nitro benzene ring substituents is 1. The molecule has 0 atom stereocenters. The molecule has 6 nitrogen and oxygen atoms in total. The third-order valence-electron chi connectivity index (χ3n) is 2.73. The summed E-state index contributed by atoms with van der Waals surface area (Å²) in [5, 5.41) is 15.7. The number of anilines is 1. The first-order chi connectivity index (χ1) is 10.9. The van der Waals surface area contributed by atoms with E-state index < -0.39 is 22.3 Å². The van der Waals surface area contributed by atoms with Crippen LogP contribution >= 0.6 is 34.8 Å². The lowest BCUT2D eigenvalue weighted by Gasteiger charge is -2.09. The molecule has 0 aliphatic carbocycles. The van der Waals surface area contributed by atoms with E-state index in [0.29, 0.717) is 5.56 Å². The van der Waals surface area contributed by atoms with E-state index in [-0.39, 0.29) is 10.8 Å². The Morgan fingerprint density at radius 1 is 1.22 bits per heavy atom. The zero-order valence-corrected chi connectivity index (χ0v) is 14.4. The molecule has 0 unspecified atom stereocenters. The SMILES string of the molecule is O=C(NC(=S)Nc1ccc(F)c([N+](=O)[O-])c1)c1ccc(I)cc1. The minimum Gasteiger partial charge on any atom is -0.332 e. The first kappa shape index (κ1) is 17.2. The number of nitrogens with one attached hydrogen (secondary N) is 2. The lowest BCUT2D eigenvalue weighted by atomic mass is 10.2. The third kappa shape index (κ3) is 4.66. The van der Waals surface area contributed by atoms with Crippen LogP contribution in [-0.4, -0.2) is 15.9 Å². The fraction of sp³-hybridized carbons (Fsp3) is 0. The second kappa shape index (κ2) is 7.42. The number of nitro groups is 1. The van der Waals surface area contributed by atoms with E-state index in [1.165, 1.54) is 6.07 Å². The second-order valence-electron chi connectivity index (χ2n) is 4.34. The summed E-state index contributed by atoms with van der Waals surface area (Å²) in [5.74, 6) is -1.37. The predicted octanol–water partition coefficient (Wildman–Crippen LogP) is 3.47. The maximum Gasteiger partial charge on any atom is 0.306 e. The van der Waals surface area contributed by atoms with Gasteiger partial charge in [-0.3, -0.25) is 20.2 Å². The first-order valence-electron chi connectivity index (χ1n) is 6.18. The molecule has 118 valence electrons. The molecule has 2 rings (SSSR count). The summed E-state index contributed by atoms with van der Waals surface area (Å²) >= 11 is 7.09. The number of rotatable bonds is 3. The normalized spacial score (nSPS) is 10.0. The van der Waals surface area contributed by atoms with E-state index in [1.54, 1.807) is 24.3 Å². The van der Waals surface area contributed by atoms with Crippen molar-refractivity contribution in [3.8, 4) is 0 Å². The van der Waals surface area contributed by atoms with Crippen molar-refractivity contribution in [3.63, 3.8) is 0 Å². The quantitative estimate of drug-likeness (QED) is 0.327. The average molecular weight is 445 g/mol. The average Bonchev–Trinajstić information content (AvgIpc) is 2.49. The minimum atomic E-state index is -0.950. The van der Waals surface area contributed by atoms with Gasteiger partial charge in [0, 0.05) is 20.9 Å². The molecule has 0 spiro atoms. The van der Waals surface area contributed by atoms with Gasteiger partial charge in [-0.1, -0.05) is 0 Å². The van der Waals surface area contributed by atoms with Gasteiger partial charge < -0.3 is 5.32 Å². The number of hydrogen-bond donors (Lipinski definition) is 2. The van der Waals surface area contributed by atoms with Crippen molar-refractivity contribution in [1.29, 1.82) is 0 Å².